The number of carbonyl (C=O) groups is 2. The molecule has 0 bridgehead atoms. The van der Waals surface area contributed by atoms with E-state index in [0.29, 0.717) is 21.9 Å². The third kappa shape index (κ3) is 9.10. The monoisotopic (exact) mass is 430 g/mol. The van der Waals surface area contributed by atoms with Crippen LogP contribution in [0, 0.1) is 0 Å². The summed E-state index contributed by atoms with van der Waals surface area (Å²) >= 11 is 12.2. The average molecular weight is 431 g/mol. The summed E-state index contributed by atoms with van der Waals surface area (Å²) in [4.78, 5) is 28.3. The fraction of sp³-hybridized carbons (Fsp3) is 0.421. The number of nitrogens with zero attached hydrogens (tertiary/aromatic N) is 1. The first-order valence-corrected chi connectivity index (χ1v) is 9.22. The van der Waals surface area contributed by atoms with Crippen LogP contribution in [-0.4, -0.2) is 36.5 Å². The molecule has 0 radical (unpaired) electrons. The summed E-state index contributed by atoms with van der Waals surface area (Å²) in [6.45, 7) is 8.92. The zero-order valence-corrected chi connectivity index (χ0v) is 17.5. The van der Waals surface area contributed by atoms with Crippen molar-refractivity contribution >= 4 is 41.5 Å². The number of oxime groups is 1. The molecule has 1 amide bonds. The van der Waals surface area contributed by atoms with E-state index < -0.39 is 17.7 Å². The van der Waals surface area contributed by atoms with Crippen LogP contribution in [0.25, 0.3) is 0 Å². The summed E-state index contributed by atoms with van der Waals surface area (Å²) in [5.74, 6) is 0.122. The number of ether oxygens (including phenoxy) is 2. The van der Waals surface area contributed by atoms with E-state index in [1.165, 1.54) is 6.08 Å². The Morgan fingerprint density at radius 2 is 1.96 bits per heavy atom. The first-order valence-electron chi connectivity index (χ1n) is 8.46. The number of nitrogens with one attached hydrogen (secondary N) is 1. The number of hydrogen-bond donors (Lipinski definition) is 1. The lowest BCUT2D eigenvalue weighted by molar-refractivity contribution is -0.109. The first-order chi connectivity index (χ1) is 13.2. The average Bonchev–Trinajstić information content (AvgIpc) is 2.60. The van der Waals surface area contributed by atoms with Gasteiger partial charge in [0.1, 0.15) is 25.1 Å². The molecule has 1 rings (SSSR count). The molecule has 0 saturated heterocycles. The van der Waals surface area contributed by atoms with Crippen molar-refractivity contribution in [2.75, 3.05) is 6.61 Å². The largest absolute Gasteiger partial charge is 0.473 e. The van der Waals surface area contributed by atoms with Gasteiger partial charge in [-0.2, -0.15) is 0 Å². The Morgan fingerprint density at radius 3 is 2.50 bits per heavy atom. The number of halogens is 2. The van der Waals surface area contributed by atoms with Crippen molar-refractivity contribution in [1.29, 1.82) is 0 Å². The molecule has 0 aliphatic rings. The van der Waals surface area contributed by atoms with Crippen LogP contribution in [0.2, 0.25) is 10.0 Å². The van der Waals surface area contributed by atoms with Crippen LogP contribution in [0.4, 0.5) is 4.79 Å². The summed E-state index contributed by atoms with van der Waals surface area (Å²) < 4.78 is 10.5. The summed E-state index contributed by atoms with van der Waals surface area (Å²) in [6, 6.07) is 4.18. The molecular weight excluding hydrogens is 407 g/mol. The van der Waals surface area contributed by atoms with Crippen molar-refractivity contribution in [2.45, 2.75) is 45.4 Å². The van der Waals surface area contributed by atoms with Crippen molar-refractivity contribution in [3.63, 3.8) is 0 Å². The zero-order chi connectivity index (χ0) is 21.2. The van der Waals surface area contributed by atoms with Gasteiger partial charge in [-0.25, -0.2) is 4.79 Å². The van der Waals surface area contributed by atoms with Gasteiger partial charge in [0.25, 0.3) is 0 Å². The lowest BCUT2D eigenvalue weighted by Crippen LogP contribution is -2.39. The van der Waals surface area contributed by atoms with E-state index in [1.54, 1.807) is 18.2 Å². The molecule has 1 aromatic rings. The summed E-state index contributed by atoms with van der Waals surface area (Å²) in [6.07, 6.45) is 1.19. The third-order valence-electron chi connectivity index (χ3n) is 3.06. The number of amides is 1. The van der Waals surface area contributed by atoms with Gasteiger partial charge in [0.2, 0.25) is 5.90 Å². The SMILES string of the molecule is C=CCOC(=O)N[C@H](C=O)CC(=NOCc1c(Cl)cccc1Cl)OC(C)(C)C. The second-order valence-electron chi connectivity index (χ2n) is 6.65. The smallest absolute Gasteiger partial charge is 0.408 e. The number of hydrogen-bond acceptors (Lipinski definition) is 6. The van der Waals surface area contributed by atoms with E-state index in [0.717, 1.165) is 0 Å². The summed E-state index contributed by atoms with van der Waals surface area (Å²) in [5, 5.41) is 7.25. The van der Waals surface area contributed by atoms with Gasteiger partial charge in [0.15, 0.2) is 0 Å². The first kappa shape index (κ1) is 23.8. The highest BCUT2D eigenvalue weighted by atomic mass is 35.5. The number of rotatable bonds is 9. The summed E-state index contributed by atoms with van der Waals surface area (Å²) in [7, 11) is 0. The fourth-order valence-corrected chi connectivity index (χ4v) is 2.45. The van der Waals surface area contributed by atoms with Crippen LogP contribution < -0.4 is 5.32 Å². The molecule has 0 heterocycles. The molecule has 28 heavy (non-hydrogen) atoms. The van der Waals surface area contributed by atoms with Crippen molar-refractivity contribution in [2.24, 2.45) is 5.16 Å². The highest BCUT2D eigenvalue weighted by Gasteiger charge is 2.21. The molecule has 1 atom stereocenters. The van der Waals surface area contributed by atoms with Gasteiger partial charge in [-0.15, -0.1) is 0 Å². The quantitative estimate of drug-likeness (QED) is 0.204. The molecule has 0 aliphatic heterocycles. The number of alkyl carbamates (subject to hydrolysis) is 1. The van der Waals surface area contributed by atoms with Crippen LogP contribution >= 0.6 is 23.2 Å². The molecule has 0 saturated carbocycles. The second kappa shape index (κ2) is 11.6. The Morgan fingerprint density at radius 1 is 1.32 bits per heavy atom. The topological polar surface area (TPSA) is 86.2 Å². The van der Waals surface area contributed by atoms with Crippen LogP contribution in [0.5, 0.6) is 0 Å². The maximum absolute atomic E-state index is 11.6. The van der Waals surface area contributed by atoms with Crippen molar-refractivity contribution < 1.29 is 23.9 Å². The van der Waals surface area contributed by atoms with Crippen LogP contribution in [0.1, 0.15) is 32.8 Å². The Bertz CT molecular complexity index is 697. The Labute approximate surface area is 174 Å². The minimum absolute atomic E-state index is 0.00999. The molecule has 0 unspecified atom stereocenters. The zero-order valence-electron chi connectivity index (χ0n) is 16.0. The van der Waals surface area contributed by atoms with Gasteiger partial charge in [0.05, 0.1) is 12.5 Å². The van der Waals surface area contributed by atoms with Crippen LogP contribution in [0.15, 0.2) is 36.0 Å². The van der Waals surface area contributed by atoms with Gasteiger partial charge in [0, 0.05) is 15.6 Å². The van der Waals surface area contributed by atoms with Gasteiger partial charge in [-0.1, -0.05) is 47.1 Å². The van der Waals surface area contributed by atoms with Gasteiger partial charge in [-0.05, 0) is 32.9 Å². The Balaban J connectivity index is 2.83. The van der Waals surface area contributed by atoms with Crippen LogP contribution in [0.3, 0.4) is 0 Å². The van der Waals surface area contributed by atoms with Gasteiger partial charge in [-0.3, -0.25) is 0 Å². The Hall–Kier alpha value is -2.25. The minimum atomic E-state index is -0.911. The van der Waals surface area contributed by atoms with Gasteiger partial charge < -0.3 is 24.4 Å². The third-order valence-corrected chi connectivity index (χ3v) is 3.76. The molecule has 1 N–H and O–H groups in total. The van der Waals surface area contributed by atoms with Crippen molar-refractivity contribution in [1.82, 2.24) is 5.32 Å². The van der Waals surface area contributed by atoms with E-state index in [9.17, 15) is 9.59 Å². The van der Waals surface area contributed by atoms with Crippen molar-refractivity contribution in [3.05, 3.63) is 46.5 Å². The molecule has 154 valence electrons. The highest BCUT2D eigenvalue weighted by Crippen LogP contribution is 2.25. The van der Waals surface area contributed by atoms with Crippen LogP contribution in [-0.2, 0) is 25.7 Å². The lowest BCUT2D eigenvalue weighted by Gasteiger charge is -2.23. The maximum Gasteiger partial charge on any atom is 0.408 e. The van der Waals surface area contributed by atoms with E-state index in [2.05, 4.69) is 17.1 Å². The maximum atomic E-state index is 11.6. The molecule has 9 heteroatoms. The lowest BCUT2D eigenvalue weighted by atomic mass is 10.2. The molecule has 7 nitrogen and oxygen atoms in total. The van der Waals surface area contributed by atoms with Gasteiger partial charge >= 0.3 is 6.09 Å². The predicted molar refractivity (Wildman–Crippen MR) is 109 cm³/mol. The molecule has 0 aromatic heterocycles. The molecular formula is C19H24Cl2N2O5. The summed E-state index contributed by atoms with van der Waals surface area (Å²) in [5.41, 5.74) is -0.0242. The standard InChI is InChI=1S/C19H24Cl2N2O5/c1-5-9-26-18(25)22-13(11-24)10-17(28-19(2,3)4)23-27-12-14-15(20)7-6-8-16(14)21/h5-8,11,13H,1,9-10,12H2,2-4H3,(H,22,25)/t13-/m0/s1. The number of benzene rings is 1. The highest BCUT2D eigenvalue weighted by molar-refractivity contribution is 6.35. The fourth-order valence-electron chi connectivity index (χ4n) is 1.94. The minimum Gasteiger partial charge on any atom is -0.473 e. The molecule has 0 spiro atoms. The van der Waals surface area contributed by atoms with E-state index >= 15 is 0 Å². The molecule has 0 aliphatic carbocycles. The van der Waals surface area contributed by atoms with E-state index in [-0.39, 0.29) is 25.5 Å². The van der Waals surface area contributed by atoms with E-state index in [4.69, 9.17) is 37.5 Å². The normalized spacial score (nSPS) is 12.7. The Kier molecular flexibility index (Phi) is 9.82. The molecule has 0 fully saturated rings. The number of aldehydes is 1. The van der Waals surface area contributed by atoms with E-state index in [1.807, 2.05) is 20.8 Å². The molecule has 1 aromatic carbocycles. The second-order valence-corrected chi connectivity index (χ2v) is 7.47. The predicted octanol–water partition coefficient (Wildman–Crippen LogP) is 4.51. The number of carbonyl (C=O) groups excluding carboxylic acids is 2. The van der Waals surface area contributed by atoms with Crippen molar-refractivity contribution in [3.8, 4) is 0 Å².